The van der Waals surface area contributed by atoms with E-state index in [0.29, 0.717) is 31.2 Å². The molecule has 2 heterocycles. The van der Waals surface area contributed by atoms with E-state index in [0.717, 1.165) is 11.3 Å². The Hall–Kier alpha value is -0.910. The number of nitrogens with zero attached hydrogens (tertiary/aromatic N) is 2. The normalized spacial score (nSPS) is 18.9. The minimum Gasteiger partial charge on any atom is -0.381 e. The summed E-state index contributed by atoms with van der Waals surface area (Å²) in [6, 6.07) is 0. The van der Waals surface area contributed by atoms with Crippen molar-refractivity contribution < 1.29 is 9.53 Å². The number of aromatic nitrogens is 2. The molecule has 0 bridgehead atoms. The van der Waals surface area contributed by atoms with Gasteiger partial charge in [0.05, 0.1) is 11.2 Å². The second kappa shape index (κ2) is 4.99. The molecule has 0 saturated carbocycles. The van der Waals surface area contributed by atoms with Gasteiger partial charge in [0, 0.05) is 32.2 Å². The molecule has 0 aliphatic carbocycles. The lowest BCUT2D eigenvalue weighted by Crippen LogP contribution is -2.52. The van der Waals surface area contributed by atoms with Crippen molar-refractivity contribution in [3.8, 4) is 0 Å². The fraction of sp³-hybridized carbons (Fsp3) is 0.667. The van der Waals surface area contributed by atoms with Crippen LogP contribution in [0.25, 0.3) is 0 Å². The van der Waals surface area contributed by atoms with E-state index in [9.17, 15) is 4.79 Å². The van der Waals surface area contributed by atoms with Crippen LogP contribution in [-0.4, -0.2) is 34.3 Å². The molecule has 2 N–H and O–H groups in total. The van der Waals surface area contributed by atoms with Gasteiger partial charge in [-0.05, 0) is 19.8 Å². The van der Waals surface area contributed by atoms with Crippen LogP contribution >= 0.6 is 11.6 Å². The van der Waals surface area contributed by atoms with Crippen molar-refractivity contribution in [1.29, 1.82) is 0 Å². The number of carbonyl (C=O) groups excluding carboxylic acids is 1. The zero-order chi connectivity index (χ0) is 13.3. The van der Waals surface area contributed by atoms with Gasteiger partial charge in [-0.3, -0.25) is 9.48 Å². The smallest absolute Gasteiger partial charge is 0.157 e. The Morgan fingerprint density at radius 1 is 1.56 bits per heavy atom. The third kappa shape index (κ3) is 2.43. The summed E-state index contributed by atoms with van der Waals surface area (Å²) in [5, 5.41) is 4.71. The number of rotatable bonds is 3. The van der Waals surface area contributed by atoms with Crippen molar-refractivity contribution >= 4 is 17.4 Å². The van der Waals surface area contributed by atoms with E-state index in [1.165, 1.54) is 0 Å². The lowest BCUT2D eigenvalue weighted by atomic mass is 9.84. The van der Waals surface area contributed by atoms with Gasteiger partial charge >= 0.3 is 0 Å². The van der Waals surface area contributed by atoms with Crippen molar-refractivity contribution in [1.82, 2.24) is 9.78 Å². The van der Waals surface area contributed by atoms with Gasteiger partial charge in [-0.25, -0.2) is 0 Å². The summed E-state index contributed by atoms with van der Waals surface area (Å²) in [5.41, 5.74) is 6.95. The lowest BCUT2D eigenvalue weighted by Gasteiger charge is -2.31. The highest BCUT2D eigenvalue weighted by atomic mass is 35.5. The van der Waals surface area contributed by atoms with Gasteiger partial charge < -0.3 is 10.5 Å². The van der Waals surface area contributed by atoms with Crippen molar-refractivity contribution in [3.05, 3.63) is 16.4 Å². The van der Waals surface area contributed by atoms with Crippen LogP contribution in [0.15, 0.2) is 0 Å². The molecule has 0 aromatic carbocycles. The van der Waals surface area contributed by atoms with Gasteiger partial charge in [0.2, 0.25) is 0 Å². The van der Waals surface area contributed by atoms with Crippen LogP contribution in [0, 0.1) is 6.92 Å². The largest absolute Gasteiger partial charge is 0.381 e. The highest BCUT2D eigenvalue weighted by Crippen LogP contribution is 2.25. The van der Waals surface area contributed by atoms with Gasteiger partial charge in [-0.2, -0.15) is 5.10 Å². The second-order valence-corrected chi connectivity index (χ2v) is 5.20. The maximum Gasteiger partial charge on any atom is 0.157 e. The lowest BCUT2D eigenvalue weighted by molar-refractivity contribution is -0.126. The summed E-state index contributed by atoms with van der Waals surface area (Å²) < 4.78 is 6.82. The first-order chi connectivity index (χ1) is 8.44. The Bertz CT molecular complexity index is 464. The number of nitrogens with two attached hydrogens (primary N) is 1. The Morgan fingerprint density at radius 2 is 2.17 bits per heavy atom. The number of ether oxygens (including phenoxy) is 1. The number of aryl methyl sites for hydroxylation is 2. The number of Topliss-reactive ketones (excluding diaryl/α,β-unsaturated/α-hetero) is 1. The summed E-state index contributed by atoms with van der Waals surface area (Å²) >= 11 is 6.13. The van der Waals surface area contributed by atoms with E-state index in [1.807, 2.05) is 6.92 Å². The standard InChI is InChI=1S/C12H18ClN3O2/c1-8-9(11(13)16(2)15-8)7-10(17)12(14)3-5-18-6-4-12/h3-7,14H2,1-2H3. The fourth-order valence-electron chi connectivity index (χ4n) is 2.23. The van der Waals surface area contributed by atoms with E-state index in [2.05, 4.69) is 5.10 Å². The predicted octanol–water partition coefficient (Wildman–Crippen LogP) is 1.00. The number of hydrogen-bond acceptors (Lipinski definition) is 4. The molecule has 0 spiro atoms. The molecule has 100 valence electrons. The molecule has 0 atom stereocenters. The van der Waals surface area contributed by atoms with Crippen LogP contribution in [0.4, 0.5) is 0 Å². The average molecular weight is 272 g/mol. The Labute approximate surface area is 111 Å². The molecule has 2 rings (SSSR count). The van der Waals surface area contributed by atoms with E-state index in [4.69, 9.17) is 22.1 Å². The first-order valence-electron chi connectivity index (χ1n) is 6.02. The number of hydrogen-bond donors (Lipinski definition) is 1. The molecule has 0 radical (unpaired) electrons. The first-order valence-corrected chi connectivity index (χ1v) is 6.40. The monoisotopic (exact) mass is 271 g/mol. The van der Waals surface area contributed by atoms with E-state index in [1.54, 1.807) is 11.7 Å². The van der Waals surface area contributed by atoms with Crippen molar-refractivity contribution in [2.45, 2.75) is 31.7 Å². The highest BCUT2D eigenvalue weighted by Gasteiger charge is 2.36. The average Bonchev–Trinajstić information content (AvgIpc) is 2.57. The fourth-order valence-corrected chi connectivity index (χ4v) is 2.47. The SMILES string of the molecule is Cc1nn(C)c(Cl)c1CC(=O)C1(N)CCOCC1. The van der Waals surface area contributed by atoms with Gasteiger partial charge in [0.25, 0.3) is 0 Å². The minimum absolute atomic E-state index is 0.0174. The molecular weight excluding hydrogens is 254 g/mol. The summed E-state index contributed by atoms with van der Waals surface area (Å²) in [6.07, 6.45) is 1.39. The van der Waals surface area contributed by atoms with Crippen LogP contribution < -0.4 is 5.73 Å². The quantitative estimate of drug-likeness (QED) is 0.890. The van der Waals surface area contributed by atoms with Crippen molar-refractivity contribution in [2.24, 2.45) is 12.8 Å². The summed E-state index contributed by atoms with van der Waals surface area (Å²) in [6.45, 7) is 2.94. The third-order valence-corrected chi connectivity index (χ3v) is 4.02. The molecule has 1 aliphatic heterocycles. The zero-order valence-corrected chi connectivity index (χ0v) is 11.5. The van der Waals surface area contributed by atoms with Gasteiger partial charge in [-0.1, -0.05) is 11.6 Å². The third-order valence-electron chi connectivity index (χ3n) is 3.55. The molecule has 1 aromatic heterocycles. The molecule has 18 heavy (non-hydrogen) atoms. The first kappa shape index (κ1) is 13.5. The van der Waals surface area contributed by atoms with Crippen molar-refractivity contribution in [2.75, 3.05) is 13.2 Å². The summed E-state index contributed by atoms with van der Waals surface area (Å²) in [5.74, 6) is 0.0174. The maximum atomic E-state index is 12.3. The predicted molar refractivity (Wildman–Crippen MR) is 68.6 cm³/mol. The maximum absolute atomic E-state index is 12.3. The molecule has 0 unspecified atom stereocenters. The van der Waals surface area contributed by atoms with Gasteiger partial charge in [0.15, 0.2) is 5.78 Å². The van der Waals surface area contributed by atoms with E-state index < -0.39 is 5.54 Å². The van der Waals surface area contributed by atoms with Crippen LogP contribution in [0.5, 0.6) is 0 Å². The van der Waals surface area contributed by atoms with Gasteiger partial charge in [-0.15, -0.1) is 0 Å². The number of carbonyl (C=O) groups is 1. The second-order valence-electron chi connectivity index (χ2n) is 4.85. The number of ketones is 1. The van der Waals surface area contributed by atoms with Crippen LogP contribution in [0.2, 0.25) is 5.15 Å². The van der Waals surface area contributed by atoms with E-state index >= 15 is 0 Å². The summed E-state index contributed by atoms with van der Waals surface area (Å²) in [7, 11) is 1.76. The van der Waals surface area contributed by atoms with Crippen LogP contribution in [0.1, 0.15) is 24.1 Å². The van der Waals surface area contributed by atoms with Crippen LogP contribution in [0.3, 0.4) is 0 Å². The Balaban J connectivity index is 2.16. The molecule has 0 amide bonds. The molecule has 1 fully saturated rings. The Morgan fingerprint density at radius 3 is 2.67 bits per heavy atom. The topological polar surface area (TPSA) is 70.1 Å². The molecule has 1 saturated heterocycles. The van der Waals surface area contributed by atoms with Crippen molar-refractivity contribution in [3.63, 3.8) is 0 Å². The molecule has 1 aromatic rings. The van der Waals surface area contributed by atoms with Gasteiger partial charge in [0.1, 0.15) is 5.15 Å². The zero-order valence-electron chi connectivity index (χ0n) is 10.7. The molecule has 6 heteroatoms. The molecule has 1 aliphatic rings. The summed E-state index contributed by atoms with van der Waals surface area (Å²) in [4.78, 5) is 12.3. The molecular formula is C12H18ClN3O2. The van der Waals surface area contributed by atoms with Crippen LogP contribution in [-0.2, 0) is 23.0 Å². The van der Waals surface area contributed by atoms with E-state index in [-0.39, 0.29) is 12.2 Å². The number of halogens is 1. The highest BCUT2D eigenvalue weighted by molar-refractivity contribution is 6.30. The minimum atomic E-state index is -0.774. The molecule has 5 nitrogen and oxygen atoms in total. The Kier molecular flexibility index (Phi) is 3.75.